The zero-order chi connectivity index (χ0) is 12.0. The zero-order valence-electron chi connectivity index (χ0n) is 9.77. The molecule has 1 atom stereocenters. The summed E-state index contributed by atoms with van der Waals surface area (Å²) >= 11 is 1.72. The van der Waals surface area contributed by atoms with Crippen molar-refractivity contribution < 1.29 is 4.79 Å². The molecule has 3 N–H and O–H groups in total. The van der Waals surface area contributed by atoms with Crippen molar-refractivity contribution in [1.82, 2.24) is 10.2 Å². The van der Waals surface area contributed by atoms with Crippen LogP contribution in [0.1, 0.15) is 11.3 Å². The molecule has 0 bridgehead atoms. The third-order valence-electron chi connectivity index (χ3n) is 2.58. The Balaban J connectivity index is 2.49. The lowest BCUT2D eigenvalue weighted by atomic mass is 10.1. The van der Waals surface area contributed by atoms with Crippen molar-refractivity contribution in [2.75, 3.05) is 20.6 Å². The van der Waals surface area contributed by atoms with Crippen LogP contribution < -0.4 is 11.1 Å². The van der Waals surface area contributed by atoms with Crippen LogP contribution in [0.5, 0.6) is 0 Å². The molecule has 1 heterocycles. The highest BCUT2D eigenvalue weighted by Gasteiger charge is 2.16. The molecule has 1 aromatic rings. The van der Waals surface area contributed by atoms with Gasteiger partial charge in [0.2, 0.25) is 5.91 Å². The quantitative estimate of drug-likeness (QED) is 0.768. The molecule has 90 valence electrons. The van der Waals surface area contributed by atoms with E-state index in [1.807, 2.05) is 13.1 Å². The number of nitrogens with one attached hydrogen (secondary N) is 1. The molecule has 0 aromatic carbocycles. The number of amides is 1. The first-order chi connectivity index (χ1) is 7.67. The summed E-state index contributed by atoms with van der Waals surface area (Å²) in [5, 5.41) is 4.68. The third-order valence-corrected chi connectivity index (χ3v) is 3.44. The van der Waals surface area contributed by atoms with Gasteiger partial charge in [0.05, 0.1) is 0 Å². The van der Waals surface area contributed by atoms with E-state index in [2.05, 4.69) is 21.7 Å². The number of nitrogens with two attached hydrogens (primary N) is 1. The smallest absolute Gasteiger partial charge is 0.221 e. The van der Waals surface area contributed by atoms with E-state index in [1.54, 1.807) is 18.4 Å². The second-order valence-electron chi connectivity index (χ2n) is 3.76. The van der Waals surface area contributed by atoms with Crippen LogP contribution in [0.15, 0.2) is 17.5 Å². The van der Waals surface area contributed by atoms with E-state index in [1.165, 1.54) is 4.88 Å². The summed E-state index contributed by atoms with van der Waals surface area (Å²) in [4.78, 5) is 14.7. The SMILES string of the molecule is CNC(=O)CC(CN)N(C)Cc1cccs1. The van der Waals surface area contributed by atoms with Gasteiger partial charge < -0.3 is 11.1 Å². The Hall–Kier alpha value is -0.910. The fourth-order valence-electron chi connectivity index (χ4n) is 1.51. The number of thiophene rings is 1. The lowest BCUT2D eigenvalue weighted by Gasteiger charge is -2.25. The summed E-state index contributed by atoms with van der Waals surface area (Å²) < 4.78 is 0. The van der Waals surface area contributed by atoms with Crippen LogP contribution in [0.3, 0.4) is 0 Å². The molecule has 0 fully saturated rings. The molecular weight excluding hydrogens is 222 g/mol. The Morgan fingerprint density at radius 2 is 2.44 bits per heavy atom. The van der Waals surface area contributed by atoms with Gasteiger partial charge in [-0.15, -0.1) is 11.3 Å². The second kappa shape index (κ2) is 6.62. The van der Waals surface area contributed by atoms with Crippen LogP contribution in [-0.2, 0) is 11.3 Å². The normalized spacial score (nSPS) is 12.8. The molecule has 0 radical (unpaired) electrons. The Bertz CT molecular complexity index is 313. The Kier molecular flexibility index (Phi) is 5.45. The molecular formula is C11H19N3OS. The maximum absolute atomic E-state index is 11.3. The van der Waals surface area contributed by atoms with E-state index < -0.39 is 0 Å². The molecule has 0 aliphatic heterocycles. The third kappa shape index (κ3) is 3.92. The van der Waals surface area contributed by atoms with E-state index in [-0.39, 0.29) is 11.9 Å². The van der Waals surface area contributed by atoms with Gasteiger partial charge in [-0.1, -0.05) is 6.07 Å². The molecule has 0 spiro atoms. The van der Waals surface area contributed by atoms with Crippen molar-refractivity contribution in [3.8, 4) is 0 Å². The first-order valence-corrected chi connectivity index (χ1v) is 6.18. The fourth-order valence-corrected chi connectivity index (χ4v) is 2.28. The van der Waals surface area contributed by atoms with Crippen molar-refractivity contribution in [1.29, 1.82) is 0 Å². The lowest BCUT2D eigenvalue weighted by Crippen LogP contribution is -2.40. The van der Waals surface area contributed by atoms with E-state index in [0.29, 0.717) is 13.0 Å². The predicted octanol–water partition coefficient (Wildman–Crippen LogP) is 0.643. The van der Waals surface area contributed by atoms with Gasteiger partial charge in [-0.2, -0.15) is 0 Å². The van der Waals surface area contributed by atoms with E-state index in [4.69, 9.17) is 5.73 Å². The van der Waals surface area contributed by atoms with Crippen molar-refractivity contribution in [2.45, 2.75) is 19.0 Å². The fraction of sp³-hybridized carbons (Fsp3) is 0.545. The average molecular weight is 241 g/mol. The van der Waals surface area contributed by atoms with Crippen LogP contribution in [0, 0.1) is 0 Å². The van der Waals surface area contributed by atoms with Gasteiger partial charge in [-0.05, 0) is 18.5 Å². The van der Waals surface area contributed by atoms with Crippen LogP contribution in [0.4, 0.5) is 0 Å². The molecule has 5 heteroatoms. The topological polar surface area (TPSA) is 58.4 Å². The monoisotopic (exact) mass is 241 g/mol. The first kappa shape index (κ1) is 13.2. The minimum absolute atomic E-state index is 0.0356. The van der Waals surface area contributed by atoms with Crippen molar-refractivity contribution in [3.05, 3.63) is 22.4 Å². The van der Waals surface area contributed by atoms with Crippen LogP contribution in [0.25, 0.3) is 0 Å². The van der Waals surface area contributed by atoms with E-state index >= 15 is 0 Å². The molecule has 0 saturated carbocycles. The summed E-state index contributed by atoms with van der Waals surface area (Å²) in [6.07, 6.45) is 0.453. The molecule has 16 heavy (non-hydrogen) atoms. The summed E-state index contributed by atoms with van der Waals surface area (Å²) in [6.45, 7) is 1.34. The number of nitrogens with zero attached hydrogens (tertiary/aromatic N) is 1. The highest BCUT2D eigenvalue weighted by Crippen LogP contribution is 2.13. The summed E-state index contributed by atoms with van der Waals surface area (Å²) in [6, 6.07) is 4.22. The number of carbonyl (C=O) groups is 1. The molecule has 1 unspecified atom stereocenters. The number of hydrogen-bond donors (Lipinski definition) is 2. The lowest BCUT2D eigenvalue weighted by molar-refractivity contribution is -0.121. The van der Waals surface area contributed by atoms with Gasteiger partial charge in [-0.25, -0.2) is 0 Å². The number of carbonyl (C=O) groups excluding carboxylic acids is 1. The molecule has 4 nitrogen and oxygen atoms in total. The van der Waals surface area contributed by atoms with Crippen molar-refractivity contribution >= 4 is 17.2 Å². The number of rotatable bonds is 6. The Morgan fingerprint density at radius 3 is 2.94 bits per heavy atom. The maximum Gasteiger partial charge on any atom is 0.221 e. The average Bonchev–Trinajstić information content (AvgIpc) is 2.77. The first-order valence-electron chi connectivity index (χ1n) is 5.30. The number of likely N-dealkylation sites (N-methyl/N-ethyl adjacent to an activating group) is 1. The van der Waals surface area contributed by atoms with Crippen LogP contribution >= 0.6 is 11.3 Å². The highest BCUT2D eigenvalue weighted by atomic mass is 32.1. The van der Waals surface area contributed by atoms with E-state index in [9.17, 15) is 4.79 Å². The van der Waals surface area contributed by atoms with E-state index in [0.717, 1.165) is 6.54 Å². The Morgan fingerprint density at radius 1 is 1.69 bits per heavy atom. The van der Waals surface area contributed by atoms with Gasteiger partial charge >= 0.3 is 0 Å². The minimum Gasteiger partial charge on any atom is -0.359 e. The summed E-state index contributed by atoms with van der Waals surface area (Å²) in [5.74, 6) is 0.0356. The largest absolute Gasteiger partial charge is 0.359 e. The highest BCUT2D eigenvalue weighted by molar-refractivity contribution is 7.09. The summed E-state index contributed by atoms with van der Waals surface area (Å²) in [5.41, 5.74) is 5.69. The van der Waals surface area contributed by atoms with Crippen LogP contribution in [0.2, 0.25) is 0 Å². The molecule has 1 aromatic heterocycles. The summed E-state index contributed by atoms with van der Waals surface area (Å²) in [7, 11) is 3.65. The number of hydrogen-bond acceptors (Lipinski definition) is 4. The molecule has 1 rings (SSSR count). The molecule has 0 saturated heterocycles. The van der Waals surface area contributed by atoms with Gasteiger partial charge in [0.1, 0.15) is 0 Å². The molecule has 0 aliphatic rings. The van der Waals surface area contributed by atoms with Gasteiger partial charge in [0, 0.05) is 37.5 Å². The standard InChI is InChI=1S/C11H19N3OS/c1-13-11(15)6-9(7-12)14(2)8-10-4-3-5-16-10/h3-5,9H,6-8,12H2,1-2H3,(H,13,15). The molecule has 0 aliphatic carbocycles. The minimum atomic E-state index is 0.0356. The zero-order valence-corrected chi connectivity index (χ0v) is 10.6. The van der Waals surface area contributed by atoms with Crippen LogP contribution in [-0.4, -0.2) is 37.5 Å². The van der Waals surface area contributed by atoms with Gasteiger partial charge in [-0.3, -0.25) is 9.69 Å². The van der Waals surface area contributed by atoms with Crippen molar-refractivity contribution in [3.63, 3.8) is 0 Å². The van der Waals surface area contributed by atoms with Gasteiger partial charge in [0.25, 0.3) is 0 Å². The second-order valence-corrected chi connectivity index (χ2v) is 4.79. The molecule has 1 amide bonds. The Labute approximate surface area is 100 Å². The predicted molar refractivity (Wildman–Crippen MR) is 67.3 cm³/mol. The van der Waals surface area contributed by atoms with Crippen molar-refractivity contribution in [2.24, 2.45) is 5.73 Å². The maximum atomic E-state index is 11.3. The van der Waals surface area contributed by atoms with Gasteiger partial charge in [0.15, 0.2) is 0 Å².